The molecule has 1 N–H and O–H groups in total. The van der Waals surface area contributed by atoms with Gasteiger partial charge in [-0.2, -0.15) is 4.80 Å². The molecule has 0 radical (unpaired) electrons. The van der Waals surface area contributed by atoms with Crippen LogP contribution < -0.4 is 5.32 Å². The van der Waals surface area contributed by atoms with Gasteiger partial charge in [-0.05, 0) is 42.9 Å². The summed E-state index contributed by atoms with van der Waals surface area (Å²) in [6, 6.07) is 0.630. The Hall–Kier alpha value is -1.02. The molecule has 3 rings (SSSR count). The monoisotopic (exact) mass is 299 g/mol. The van der Waals surface area contributed by atoms with Crippen LogP contribution in [0.15, 0.2) is 0 Å². The van der Waals surface area contributed by atoms with E-state index in [1.165, 1.54) is 17.6 Å². The van der Waals surface area contributed by atoms with Crippen LogP contribution in [0.4, 0.5) is 0 Å². The molecule has 112 valence electrons. The standard InChI is InChI=1S/C12H21N5O2S/c1-17-15-12(14-16-17)6-10(7-13-11-2-3-11)9-4-5-20(18,19)8-9/h9-11,13H,2-8H2,1H3. The molecule has 2 heterocycles. The van der Waals surface area contributed by atoms with Gasteiger partial charge in [0.1, 0.15) is 0 Å². The Morgan fingerprint density at radius 3 is 2.75 bits per heavy atom. The van der Waals surface area contributed by atoms with Crippen LogP contribution in [0.5, 0.6) is 0 Å². The van der Waals surface area contributed by atoms with Crippen LogP contribution in [0, 0.1) is 11.8 Å². The Balaban J connectivity index is 1.66. The molecule has 1 aliphatic carbocycles. The minimum absolute atomic E-state index is 0.218. The number of nitrogens with zero attached hydrogens (tertiary/aromatic N) is 4. The number of nitrogens with one attached hydrogen (secondary N) is 1. The highest BCUT2D eigenvalue weighted by atomic mass is 32.2. The third-order valence-corrected chi connectivity index (χ3v) is 5.97. The van der Waals surface area contributed by atoms with E-state index in [1.807, 2.05) is 0 Å². The first-order valence-corrected chi connectivity index (χ1v) is 9.01. The summed E-state index contributed by atoms with van der Waals surface area (Å²) in [6.45, 7) is 0.850. The number of sulfone groups is 1. The molecule has 2 unspecified atom stereocenters. The lowest BCUT2D eigenvalue weighted by atomic mass is 9.88. The fraction of sp³-hybridized carbons (Fsp3) is 0.917. The van der Waals surface area contributed by atoms with Gasteiger partial charge in [0.05, 0.1) is 18.6 Å². The average Bonchev–Trinajstić information content (AvgIpc) is 3.02. The van der Waals surface area contributed by atoms with Gasteiger partial charge in [0, 0.05) is 12.5 Å². The van der Waals surface area contributed by atoms with Gasteiger partial charge in [0.25, 0.3) is 0 Å². The van der Waals surface area contributed by atoms with Crippen LogP contribution in [-0.4, -0.2) is 52.7 Å². The van der Waals surface area contributed by atoms with Crippen molar-refractivity contribution in [3.05, 3.63) is 5.82 Å². The van der Waals surface area contributed by atoms with Crippen molar-refractivity contribution in [1.29, 1.82) is 0 Å². The zero-order valence-corrected chi connectivity index (χ0v) is 12.5. The van der Waals surface area contributed by atoms with Crippen LogP contribution in [0.1, 0.15) is 25.1 Å². The van der Waals surface area contributed by atoms with Gasteiger partial charge in [0.2, 0.25) is 0 Å². The number of rotatable bonds is 6. The maximum Gasteiger partial charge on any atom is 0.175 e. The summed E-state index contributed by atoms with van der Waals surface area (Å²) in [5.74, 6) is 1.84. The van der Waals surface area contributed by atoms with Gasteiger partial charge in [-0.15, -0.1) is 10.2 Å². The Morgan fingerprint density at radius 2 is 2.20 bits per heavy atom. The van der Waals surface area contributed by atoms with E-state index in [0.717, 1.165) is 13.0 Å². The fourth-order valence-corrected chi connectivity index (χ4v) is 4.77. The maximum atomic E-state index is 11.7. The predicted molar refractivity (Wildman–Crippen MR) is 73.8 cm³/mol. The Labute approximate surface area is 119 Å². The van der Waals surface area contributed by atoms with Crippen LogP contribution >= 0.6 is 0 Å². The first-order valence-electron chi connectivity index (χ1n) is 7.18. The second kappa shape index (κ2) is 5.40. The van der Waals surface area contributed by atoms with Crippen LogP contribution in [0.3, 0.4) is 0 Å². The molecule has 20 heavy (non-hydrogen) atoms. The molecule has 2 fully saturated rings. The summed E-state index contributed by atoms with van der Waals surface area (Å²) in [7, 11) is -1.10. The largest absolute Gasteiger partial charge is 0.314 e. The molecule has 0 bridgehead atoms. The predicted octanol–water partition coefficient (Wildman–Crippen LogP) is -0.444. The summed E-state index contributed by atoms with van der Waals surface area (Å²) in [5.41, 5.74) is 0. The minimum Gasteiger partial charge on any atom is -0.314 e. The van der Waals surface area contributed by atoms with Crippen molar-refractivity contribution in [3.63, 3.8) is 0 Å². The van der Waals surface area contributed by atoms with Crippen molar-refractivity contribution < 1.29 is 8.42 Å². The molecule has 1 aliphatic heterocycles. The topological polar surface area (TPSA) is 89.8 Å². The Bertz CT molecular complexity index is 566. The lowest BCUT2D eigenvalue weighted by Crippen LogP contribution is -2.32. The van der Waals surface area contributed by atoms with E-state index in [2.05, 4.69) is 20.7 Å². The number of aryl methyl sites for hydroxylation is 1. The summed E-state index contributed by atoms with van der Waals surface area (Å²) in [4.78, 5) is 1.45. The summed E-state index contributed by atoms with van der Waals surface area (Å²) < 4.78 is 23.4. The van der Waals surface area contributed by atoms with E-state index in [4.69, 9.17) is 0 Å². The van der Waals surface area contributed by atoms with Gasteiger partial charge in [-0.1, -0.05) is 0 Å². The highest BCUT2D eigenvalue weighted by Gasteiger charge is 2.35. The molecule has 1 saturated carbocycles. The molecular weight excluding hydrogens is 278 g/mol. The SMILES string of the molecule is Cn1nnc(CC(CNC2CC2)C2CCS(=O)(=O)C2)n1. The molecule has 2 atom stereocenters. The van der Waals surface area contributed by atoms with E-state index in [9.17, 15) is 8.42 Å². The normalized spacial score (nSPS) is 26.8. The third kappa shape index (κ3) is 3.54. The molecular formula is C12H21N5O2S. The van der Waals surface area contributed by atoms with E-state index in [0.29, 0.717) is 29.8 Å². The summed E-state index contributed by atoms with van der Waals surface area (Å²) >= 11 is 0. The van der Waals surface area contributed by atoms with Gasteiger partial charge < -0.3 is 5.32 Å². The molecule has 1 aromatic heterocycles. The number of tetrazole rings is 1. The van der Waals surface area contributed by atoms with Crippen molar-refractivity contribution in [2.75, 3.05) is 18.1 Å². The van der Waals surface area contributed by atoms with Crippen molar-refractivity contribution in [2.24, 2.45) is 18.9 Å². The lowest BCUT2D eigenvalue weighted by Gasteiger charge is -2.21. The first-order chi connectivity index (χ1) is 9.52. The Morgan fingerprint density at radius 1 is 1.40 bits per heavy atom. The first kappa shape index (κ1) is 13.9. The summed E-state index contributed by atoms with van der Waals surface area (Å²) in [5, 5.41) is 15.6. The average molecular weight is 299 g/mol. The zero-order chi connectivity index (χ0) is 14.2. The number of hydrogen-bond donors (Lipinski definition) is 1. The highest BCUT2D eigenvalue weighted by Crippen LogP contribution is 2.28. The van der Waals surface area contributed by atoms with Gasteiger partial charge >= 0.3 is 0 Å². The number of hydrogen-bond acceptors (Lipinski definition) is 6. The van der Waals surface area contributed by atoms with Crippen molar-refractivity contribution in [2.45, 2.75) is 31.7 Å². The molecule has 1 aromatic rings. The third-order valence-electron chi connectivity index (χ3n) is 4.17. The molecule has 7 nitrogen and oxygen atoms in total. The van der Waals surface area contributed by atoms with Crippen molar-refractivity contribution in [3.8, 4) is 0 Å². The highest BCUT2D eigenvalue weighted by molar-refractivity contribution is 7.91. The van der Waals surface area contributed by atoms with Crippen LogP contribution in [0.2, 0.25) is 0 Å². The Kier molecular flexibility index (Phi) is 3.76. The van der Waals surface area contributed by atoms with Gasteiger partial charge in [-0.3, -0.25) is 0 Å². The second-order valence-corrected chi connectivity index (χ2v) is 8.23. The summed E-state index contributed by atoms with van der Waals surface area (Å²) in [6.07, 6.45) is 3.94. The van der Waals surface area contributed by atoms with E-state index >= 15 is 0 Å². The molecule has 0 amide bonds. The molecule has 2 aliphatic rings. The minimum atomic E-state index is -2.84. The molecule has 8 heteroatoms. The zero-order valence-electron chi connectivity index (χ0n) is 11.7. The van der Waals surface area contributed by atoms with Crippen molar-refractivity contribution in [1.82, 2.24) is 25.5 Å². The molecule has 1 saturated heterocycles. The van der Waals surface area contributed by atoms with Crippen molar-refractivity contribution >= 4 is 9.84 Å². The molecule has 0 spiro atoms. The second-order valence-electron chi connectivity index (χ2n) is 6.00. The van der Waals surface area contributed by atoms with Gasteiger partial charge in [-0.25, -0.2) is 8.42 Å². The smallest absolute Gasteiger partial charge is 0.175 e. The molecule has 0 aromatic carbocycles. The quantitative estimate of drug-likeness (QED) is 0.765. The fourth-order valence-electron chi connectivity index (χ4n) is 2.85. The van der Waals surface area contributed by atoms with Crippen LogP contribution in [-0.2, 0) is 23.3 Å². The van der Waals surface area contributed by atoms with E-state index in [1.54, 1.807) is 7.05 Å². The maximum absolute atomic E-state index is 11.7. The number of aromatic nitrogens is 4. The lowest BCUT2D eigenvalue weighted by molar-refractivity contribution is 0.336. The van der Waals surface area contributed by atoms with Gasteiger partial charge in [0.15, 0.2) is 15.7 Å². The van der Waals surface area contributed by atoms with E-state index in [-0.39, 0.29) is 11.8 Å². The van der Waals surface area contributed by atoms with E-state index < -0.39 is 9.84 Å². The van der Waals surface area contributed by atoms with Crippen LogP contribution in [0.25, 0.3) is 0 Å².